The number of hydrogen-bond acceptors (Lipinski definition) is 5. The van der Waals surface area contributed by atoms with Crippen LogP contribution in [-0.4, -0.2) is 49.6 Å². The summed E-state index contributed by atoms with van der Waals surface area (Å²) in [5.41, 5.74) is 0.807. The molecule has 0 radical (unpaired) electrons. The van der Waals surface area contributed by atoms with Crippen molar-refractivity contribution in [3.8, 4) is 0 Å². The van der Waals surface area contributed by atoms with Gasteiger partial charge in [-0.15, -0.1) is 0 Å². The molecule has 110 valence electrons. The Balaban J connectivity index is 1.74. The zero-order chi connectivity index (χ0) is 14.1. The quantitative estimate of drug-likeness (QED) is 0.883. The first kappa shape index (κ1) is 13.9. The summed E-state index contributed by atoms with van der Waals surface area (Å²) in [5.74, 6) is 0. The number of benzene rings is 1. The fourth-order valence-electron chi connectivity index (χ4n) is 2.52. The van der Waals surface area contributed by atoms with E-state index in [0.29, 0.717) is 0 Å². The molecular formula is C14H17FO5. The Morgan fingerprint density at radius 2 is 2.00 bits per heavy atom. The monoisotopic (exact) mass is 284 g/mol. The van der Waals surface area contributed by atoms with E-state index < -0.39 is 37.1 Å². The van der Waals surface area contributed by atoms with Gasteiger partial charge in [0.25, 0.3) is 0 Å². The largest absolute Gasteiger partial charge is 0.385 e. The van der Waals surface area contributed by atoms with Gasteiger partial charge in [0.1, 0.15) is 18.3 Å². The maximum Gasteiger partial charge on any atom is 0.186 e. The van der Waals surface area contributed by atoms with Gasteiger partial charge >= 0.3 is 0 Å². The fourth-order valence-corrected chi connectivity index (χ4v) is 2.52. The van der Waals surface area contributed by atoms with Crippen molar-refractivity contribution in [2.45, 2.75) is 37.1 Å². The molecule has 5 nitrogen and oxygen atoms in total. The summed E-state index contributed by atoms with van der Waals surface area (Å²) in [4.78, 5) is 0. The predicted octanol–water partition coefficient (Wildman–Crippen LogP) is 1.17. The maximum atomic E-state index is 14.2. The average Bonchev–Trinajstić information content (AvgIpc) is 2.51. The van der Waals surface area contributed by atoms with Crippen LogP contribution in [0.15, 0.2) is 30.3 Å². The van der Waals surface area contributed by atoms with E-state index in [4.69, 9.17) is 18.9 Å². The number of ether oxygens (including phenoxy) is 4. The second kappa shape index (κ2) is 5.75. The molecule has 0 aliphatic carbocycles. The van der Waals surface area contributed by atoms with Crippen LogP contribution in [0.25, 0.3) is 0 Å². The number of aliphatic hydroxyl groups excluding tert-OH is 1. The SMILES string of the molecule is CO[C@@H]1O[C@@H]2COC(c3ccccc3)O[C@H]2[C@@H](F)[C@H]1O. The summed E-state index contributed by atoms with van der Waals surface area (Å²) in [5, 5.41) is 9.79. The summed E-state index contributed by atoms with van der Waals surface area (Å²) in [6, 6.07) is 9.28. The molecule has 6 heteroatoms. The smallest absolute Gasteiger partial charge is 0.186 e. The highest BCUT2D eigenvalue weighted by atomic mass is 19.1. The minimum Gasteiger partial charge on any atom is -0.385 e. The number of aliphatic hydroxyl groups is 1. The zero-order valence-electron chi connectivity index (χ0n) is 11.0. The van der Waals surface area contributed by atoms with Gasteiger partial charge in [0, 0.05) is 12.7 Å². The molecule has 1 N–H and O–H groups in total. The van der Waals surface area contributed by atoms with Crippen LogP contribution in [0.5, 0.6) is 0 Å². The Bertz CT molecular complexity index is 440. The van der Waals surface area contributed by atoms with Gasteiger partial charge in [-0.25, -0.2) is 4.39 Å². The molecule has 1 aromatic carbocycles. The molecule has 2 aliphatic heterocycles. The lowest BCUT2D eigenvalue weighted by Crippen LogP contribution is -2.60. The summed E-state index contributed by atoms with van der Waals surface area (Å²) >= 11 is 0. The number of rotatable bonds is 2. The van der Waals surface area contributed by atoms with Crippen molar-refractivity contribution >= 4 is 0 Å². The third kappa shape index (κ3) is 2.45. The van der Waals surface area contributed by atoms with Crippen LogP contribution in [0.4, 0.5) is 4.39 Å². The molecule has 2 heterocycles. The maximum absolute atomic E-state index is 14.2. The van der Waals surface area contributed by atoms with Crippen LogP contribution in [0.2, 0.25) is 0 Å². The Kier molecular flexibility index (Phi) is 4.00. The minimum atomic E-state index is -1.58. The van der Waals surface area contributed by atoms with Gasteiger partial charge in [0.15, 0.2) is 18.8 Å². The summed E-state index contributed by atoms with van der Waals surface area (Å²) in [6.45, 7) is 0.192. The first-order valence-corrected chi connectivity index (χ1v) is 6.53. The van der Waals surface area contributed by atoms with Crippen LogP contribution in [0, 0.1) is 0 Å². The summed E-state index contributed by atoms with van der Waals surface area (Å²) in [7, 11) is 1.36. The van der Waals surface area contributed by atoms with Gasteiger partial charge in [0.2, 0.25) is 0 Å². The van der Waals surface area contributed by atoms with Crippen LogP contribution in [0.3, 0.4) is 0 Å². The van der Waals surface area contributed by atoms with Crippen LogP contribution in [0.1, 0.15) is 11.9 Å². The lowest BCUT2D eigenvalue weighted by Gasteiger charge is -2.45. The molecule has 0 saturated carbocycles. The van der Waals surface area contributed by atoms with Gasteiger partial charge in [-0.1, -0.05) is 30.3 Å². The number of hydrogen-bond donors (Lipinski definition) is 1. The fraction of sp³-hybridized carbons (Fsp3) is 0.571. The Hall–Kier alpha value is -1.05. The standard InChI is InChI=1S/C14H17FO5/c1-17-14-11(16)10(15)12-9(19-14)7-18-13(20-12)8-5-3-2-4-6-8/h2-6,9-14,16H,7H2,1H3/t9-,10+,11-,12-,13?,14-/m1/s1. The second-order valence-corrected chi connectivity index (χ2v) is 4.89. The number of alkyl halides is 1. The molecule has 0 aromatic heterocycles. The van der Waals surface area contributed by atoms with Gasteiger partial charge < -0.3 is 24.1 Å². The lowest BCUT2D eigenvalue weighted by molar-refractivity contribution is -0.350. The van der Waals surface area contributed by atoms with Crippen LogP contribution >= 0.6 is 0 Å². The van der Waals surface area contributed by atoms with E-state index in [0.717, 1.165) is 5.56 Å². The van der Waals surface area contributed by atoms with E-state index >= 15 is 0 Å². The van der Waals surface area contributed by atoms with E-state index in [1.54, 1.807) is 0 Å². The van der Waals surface area contributed by atoms with Gasteiger partial charge in [-0.05, 0) is 0 Å². The predicted molar refractivity (Wildman–Crippen MR) is 66.6 cm³/mol. The normalized spacial score (nSPS) is 41.1. The van der Waals surface area contributed by atoms with Gasteiger partial charge in [0.05, 0.1) is 6.61 Å². The second-order valence-electron chi connectivity index (χ2n) is 4.89. The molecule has 3 rings (SSSR count). The number of halogens is 1. The Labute approximate surface area is 116 Å². The molecule has 2 saturated heterocycles. The third-order valence-corrected chi connectivity index (χ3v) is 3.59. The highest BCUT2D eigenvalue weighted by Gasteiger charge is 2.50. The summed E-state index contributed by atoms with van der Waals surface area (Å²) < 4.78 is 35.8. The van der Waals surface area contributed by atoms with Crippen molar-refractivity contribution in [3.63, 3.8) is 0 Å². The molecule has 20 heavy (non-hydrogen) atoms. The van der Waals surface area contributed by atoms with Crippen LogP contribution in [-0.2, 0) is 18.9 Å². The topological polar surface area (TPSA) is 57.2 Å². The van der Waals surface area contributed by atoms with Crippen molar-refractivity contribution in [2.75, 3.05) is 13.7 Å². The third-order valence-electron chi connectivity index (χ3n) is 3.59. The molecule has 2 aliphatic rings. The van der Waals surface area contributed by atoms with Crippen LogP contribution < -0.4 is 0 Å². The Morgan fingerprint density at radius 1 is 1.25 bits per heavy atom. The zero-order valence-corrected chi connectivity index (χ0v) is 11.0. The first-order chi connectivity index (χ1) is 9.70. The van der Waals surface area contributed by atoms with Crippen molar-refractivity contribution < 1.29 is 28.4 Å². The van der Waals surface area contributed by atoms with E-state index in [1.807, 2.05) is 30.3 Å². The molecule has 1 unspecified atom stereocenters. The summed E-state index contributed by atoms with van der Waals surface area (Å²) in [6.07, 6.45) is -6.03. The van der Waals surface area contributed by atoms with Gasteiger partial charge in [-0.3, -0.25) is 0 Å². The first-order valence-electron chi connectivity index (χ1n) is 6.53. The highest BCUT2D eigenvalue weighted by Crippen LogP contribution is 2.35. The van der Waals surface area contributed by atoms with Gasteiger partial charge in [-0.2, -0.15) is 0 Å². The molecule has 0 bridgehead atoms. The minimum absolute atomic E-state index is 0.192. The van der Waals surface area contributed by atoms with Crippen molar-refractivity contribution in [1.82, 2.24) is 0 Å². The van der Waals surface area contributed by atoms with E-state index in [2.05, 4.69) is 0 Å². The average molecular weight is 284 g/mol. The lowest BCUT2D eigenvalue weighted by atomic mass is 9.99. The molecular weight excluding hydrogens is 267 g/mol. The molecule has 2 fully saturated rings. The number of methoxy groups -OCH3 is 1. The van der Waals surface area contributed by atoms with E-state index in [9.17, 15) is 9.50 Å². The molecule has 6 atom stereocenters. The number of fused-ring (bicyclic) bond motifs is 1. The van der Waals surface area contributed by atoms with Crippen molar-refractivity contribution in [3.05, 3.63) is 35.9 Å². The molecule has 0 spiro atoms. The molecule has 1 aromatic rings. The molecule has 0 amide bonds. The van der Waals surface area contributed by atoms with Crippen molar-refractivity contribution in [1.29, 1.82) is 0 Å². The Morgan fingerprint density at radius 3 is 2.70 bits per heavy atom. The highest BCUT2D eigenvalue weighted by molar-refractivity contribution is 5.16. The van der Waals surface area contributed by atoms with Crippen molar-refractivity contribution in [2.24, 2.45) is 0 Å². The van der Waals surface area contributed by atoms with E-state index in [1.165, 1.54) is 7.11 Å². The van der Waals surface area contributed by atoms with E-state index in [-0.39, 0.29) is 6.61 Å².